The monoisotopic (exact) mass is 484 g/mol. The minimum atomic E-state index is -0.349. The van der Waals surface area contributed by atoms with Crippen molar-refractivity contribution in [2.75, 3.05) is 6.61 Å². The van der Waals surface area contributed by atoms with E-state index in [2.05, 4.69) is 95.1 Å². The van der Waals surface area contributed by atoms with Gasteiger partial charge in [-0.05, 0) is 75.1 Å². The van der Waals surface area contributed by atoms with Gasteiger partial charge in [0.1, 0.15) is 6.61 Å². The predicted octanol–water partition coefficient (Wildman–Crippen LogP) is 6.57. The molecule has 1 heterocycles. The van der Waals surface area contributed by atoms with Crippen molar-refractivity contribution in [3.8, 4) is 0 Å². The molecule has 1 aliphatic heterocycles. The van der Waals surface area contributed by atoms with E-state index >= 15 is 0 Å². The first-order valence-corrected chi connectivity index (χ1v) is 13.2. The second kappa shape index (κ2) is 12.2. The van der Waals surface area contributed by atoms with Crippen LogP contribution in [0.4, 0.5) is 4.79 Å². The summed E-state index contributed by atoms with van der Waals surface area (Å²) in [6.07, 6.45) is 4.87. The lowest BCUT2D eigenvalue weighted by Crippen LogP contribution is -2.50. The number of nitrogens with zero attached hydrogens (tertiary/aromatic N) is 1. The van der Waals surface area contributed by atoms with Crippen LogP contribution in [0.25, 0.3) is 0 Å². The van der Waals surface area contributed by atoms with Crippen molar-refractivity contribution in [3.63, 3.8) is 0 Å². The largest absolute Gasteiger partial charge is 0.448 e. The van der Waals surface area contributed by atoms with Gasteiger partial charge in [0.2, 0.25) is 0 Å². The number of alkyl carbamates (subject to hydrolysis) is 1. The van der Waals surface area contributed by atoms with Gasteiger partial charge < -0.3 is 10.1 Å². The maximum Gasteiger partial charge on any atom is 0.407 e. The minimum Gasteiger partial charge on any atom is -0.448 e. The number of carbonyl (C=O) groups is 1. The van der Waals surface area contributed by atoms with Crippen LogP contribution in [0.3, 0.4) is 0 Å². The molecule has 1 amide bonds. The van der Waals surface area contributed by atoms with E-state index in [1.165, 1.54) is 22.3 Å². The predicted molar refractivity (Wildman–Crippen MR) is 147 cm³/mol. The molecule has 36 heavy (non-hydrogen) atoms. The molecule has 4 nitrogen and oxygen atoms in total. The Morgan fingerprint density at radius 1 is 0.917 bits per heavy atom. The molecule has 3 aromatic carbocycles. The first kappa shape index (κ1) is 26.0. The van der Waals surface area contributed by atoms with E-state index < -0.39 is 0 Å². The normalized spacial score (nSPS) is 16.7. The molecule has 1 N–H and O–H groups in total. The molecule has 0 aliphatic carbocycles. The van der Waals surface area contributed by atoms with E-state index in [0.717, 1.165) is 38.6 Å². The number of rotatable bonds is 9. The minimum absolute atomic E-state index is 0.105. The Hall–Kier alpha value is -3.11. The van der Waals surface area contributed by atoms with E-state index in [1.54, 1.807) is 0 Å². The molecular weight excluding hydrogens is 444 g/mol. The molecule has 0 saturated carbocycles. The molecule has 0 bridgehead atoms. The van der Waals surface area contributed by atoms with Crippen LogP contribution in [0.1, 0.15) is 55.9 Å². The fraction of sp³-hybridized carbons (Fsp3) is 0.406. The third-order valence-electron chi connectivity index (χ3n) is 6.91. The van der Waals surface area contributed by atoms with Crippen LogP contribution >= 0.6 is 0 Å². The molecular formula is C32H40N2O2. The Bertz CT molecular complexity index is 1090. The van der Waals surface area contributed by atoms with Gasteiger partial charge in [0, 0.05) is 24.2 Å². The van der Waals surface area contributed by atoms with Gasteiger partial charge in [-0.25, -0.2) is 4.79 Å². The van der Waals surface area contributed by atoms with E-state index in [1.807, 2.05) is 20.8 Å². The van der Waals surface area contributed by atoms with Crippen LogP contribution in [0, 0.1) is 0 Å². The third kappa shape index (κ3) is 7.69. The van der Waals surface area contributed by atoms with E-state index in [0.29, 0.717) is 12.6 Å². The lowest BCUT2D eigenvalue weighted by Gasteiger charge is -2.42. The van der Waals surface area contributed by atoms with E-state index in [9.17, 15) is 4.79 Å². The average Bonchev–Trinajstić information content (AvgIpc) is 2.86. The van der Waals surface area contributed by atoms with Gasteiger partial charge in [-0.15, -0.1) is 0 Å². The number of carbonyl (C=O) groups excluding carboxylic acids is 1. The number of amides is 1. The van der Waals surface area contributed by atoms with Crippen LogP contribution in [0.15, 0.2) is 84.9 Å². The first-order valence-electron chi connectivity index (χ1n) is 13.2. The number of aryl methyl sites for hydroxylation is 1. The number of ether oxygens (including phenoxy) is 1. The van der Waals surface area contributed by atoms with Crippen molar-refractivity contribution in [2.45, 2.75) is 77.0 Å². The molecule has 2 atom stereocenters. The van der Waals surface area contributed by atoms with Gasteiger partial charge in [0.05, 0.1) is 0 Å². The molecule has 1 aliphatic rings. The molecule has 0 fully saturated rings. The molecule has 4 rings (SSSR count). The summed E-state index contributed by atoms with van der Waals surface area (Å²) in [5.41, 5.74) is 5.17. The van der Waals surface area contributed by atoms with Crippen LogP contribution in [-0.4, -0.2) is 35.2 Å². The Kier molecular flexibility index (Phi) is 8.82. The molecule has 0 saturated heterocycles. The maximum absolute atomic E-state index is 12.6. The summed E-state index contributed by atoms with van der Waals surface area (Å²) in [5.74, 6) is 0. The lowest BCUT2D eigenvalue weighted by atomic mass is 9.88. The molecule has 4 heteroatoms. The molecule has 190 valence electrons. The molecule has 0 aromatic heterocycles. The average molecular weight is 485 g/mol. The number of hydrogen-bond acceptors (Lipinski definition) is 3. The number of hydrogen-bond donors (Lipinski definition) is 1. The molecule has 2 unspecified atom stereocenters. The number of fused-ring (bicyclic) bond motifs is 1. The fourth-order valence-electron chi connectivity index (χ4n) is 5.16. The van der Waals surface area contributed by atoms with Gasteiger partial charge in [-0.2, -0.15) is 0 Å². The molecule has 0 spiro atoms. The van der Waals surface area contributed by atoms with Gasteiger partial charge in [-0.1, -0.05) is 84.9 Å². The Morgan fingerprint density at radius 3 is 2.19 bits per heavy atom. The van der Waals surface area contributed by atoms with E-state index in [4.69, 9.17) is 4.74 Å². The summed E-state index contributed by atoms with van der Waals surface area (Å²) in [4.78, 5) is 15.2. The van der Waals surface area contributed by atoms with Crippen LogP contribution in [0.5, 0.6) is 0 Å². The number of benzene rings is 3. The highest BCUT2D eigenvalue weighted by atomic mass is 16.5. The van der Waals surface area contributed by atoms with Crippen LogP contribution in [0.2, 0.25) is 0 Å². The smallest absolute Gasteiger partial charge is 0.407 e. The summed E-state index contributed by atoms with van der Waals surface area (Å²) >= 11 is 0. The molecule has 3 aromatic rings. The Labute approximate surface area is 216 Å². The summed E-state index contributed by atoms with van der Waals surface area (Å²) in [5, 5.41) is 2.94. The van der Waals surface area contributed by atoms with Gasteiger partial charge in [-0.3, -0.25) is 4.90 Å². The van der Waals surface area contributed by atoms with Gasteiger partial charge >= 0.3 is 6.09 Å². The maximum atomic E-state index is 12.6. The van der Waals surface area contributed by atoms with Gasteiger partial charge in [0.25, 0.3) is 0 Å². The summed E-state index contributed by atoms with van der Waals surface area (Å²) < 4.78 is 5.82. The van der Waals surface area contributed by atoms with Crippen molar-refractivity contribution in [3.05, 3.63) is 107 Å². The topological polar surface area (TPSA) is 41.6 Å². The summed E-state index contributed by atoms with van der Waals surface area (Å²) in [6, 6.07) is 30.6. The van der Waals surface area contributed by atoms with Crippen LogP contribution < -0.4 is 5.32 Å². The van der Waals surface area contributed by atoms with Crippen molar-refractivity contribution >= 4 is 6.09 Å². The fourth-order valence-corrected chi connectivity index (χ4v) is 5.16. The first-order chi connectivity index (χ1) is 17.4. The van der Waals surface area contributed by atoms with E-state index in [-0.39, 0.29) is 17.7 Å². The highest BCUT2D eigenvalue weighted by Crippen LogP contribution is 2.29. The van der Waals surface area contributed by atoms with Crippen molar-refractivity contribution in [1.82, 2.24) is 10.2 Å². The zero-order valence-corrected chi connectivity index (χ0v) is 22.0. The van der Waals surface area contributed by atoms with Crippen LogP contribution in [-0.2, 0) is 30.5 Å². The highest BCUT2D eigenvalue weighted by molar-refractivity contribution is 5.68. The quantitative estimate of drug-likeness (QED) is 0.373. The zero-order chi connectivity index (χ0) is 25.4. The Balaban J connectivity index is 1.53. The second-order valence-corrected chi connectivity index (χ2v) is 11.0. The van der Waals surface area contributed by atoms with Gasteiger partial charge in [0.15, 0.2) is 0 Å². The third-order valence-corrected chi connectivity index (χ3v) is 6.91. The summed E-state index contributed by atoms with van der Waals surface area (Å²) in [7, 11) is 0. The molecule has 0 radical (unpaired) electrons. The number of nitrogens with one attached hydrogen (secondary N) is 1. The SMILES string of the molecule is CC(C)(C)NC(=O)OCC(Cc1ccccc1)N1Cc2ccccc2CC1CCCc1ccccc1. The van der Waals surface area contributed by atoms with Crippen molar-refractivity contribution in [2.24, 2.45) is 0 Å². The summed E-state index contributed by atoms with van der Waals surface area (Å²) in [6.45, 7) is 7.17. The zero-order valence-electron chi connectivity index (χ0n) is 22.0. The second-order valence-electron chi connectivity index (χ2n) is 11.0. The van der Waals surface area contributed by atoms with Crippen molar-refractivity contribution in [1.29, 1.82) is 0 Å². The Morgan fingerprint density at radius 2 is 1.53 bits per heavy atom. The standard InChI is InChI=1S/C32H40N2O2/c1-32(2,3)33-31(35)36-24-30(21-26-15-8-5-9-16-26)34-23-28-19-11-10-18-27(28)22-29(34)20-12-17-25-13-6-4-7-14-25/h4-11,13-16,18-19,29-30H,12,17,20-24H2,1-3H3,(H,33,35). The highest BCUT2D eigenvalue weighted by Gasteiger charge is 2.32. The van der Waals surface area contributed by atoms with Crippen molar-refractivity contribution < 1.29 is 9.53 Å². The lowest BCUT2D eigenvalue weighted by molar-refractivity contribution is 0.0466.